The molecule has 0 fully saturated rings. The standard InChI is InChI=1S/C32H27N3O2S2/c1-21-8-12-23(13-9-21)28-20-38-32(34-28)35-31(37)29(24-6-4-3-5-7-24)39-27-18-16-26(17-19-27)33-30(36)25-14-10-22(2)11-15-25/h3-20,29H,1-2H3,(H,33,36)(H,34,35,37). The van der Waals surface area contributed by atoms with Crippen LogP contribution >= 0.6 is 23.1 Å². The lowest BCUT2D eigenvalue weighted by Crippen LogP contribution is -2.19. The highest BCUT2D eigenvalue weighted by Gasteiger charge is 2.23. The summed E-state index contributed by atoms with van der Waals surface area (Å²) in [5.41, 5.74) is 6.33. The number of carbonyl (C=O) groups excluding carboxylic acids is 2. The first-order valence-corrected chi connectivity index (χ1v) is 14.2. The van der Waals surface area contributed by atoms with E-state index in [-0.39, 0.29) is 11.8 Å². The summed E-state index contributed by atoms with van der Waals surface area (Å²) in [6.07, 6.45) is 0. The number of aromatic nitrogens is 1. The quantitative estimate of drug-likeness (QED) is 0.192. The number of aryl methyl sites for hydroxylation is 2. The van der Waals surface area contributed by atoms with Crippen LogP contribution in [0.5, 0.6) is 0 Å². The van der Waals surface area contributed by atoms with Gasteiger partial charge in [-0.05, 0) is 55.8 Å². The number of amides is 2. The lowest BCUT2D eigenvalue weighted by Gasteiger charge is -2.16. The Morgan fingerprint density at radius 3 is 2.08 bits per heavy atom. The molecule has 0 aliphatic carbocycles. The number of thiazole rings is 1. The predicted octanol–water partition coefficient (Wildman–Crippen LogP) is 8.15. The van der Waals surface area contributed by atoms with Gasteiger partial charge in [-0.1, -0.05) is 77.9 Å². The molecule has 7 heteroatoms. The van der Waals surface area contributed by atoms with Crippen molar-refractivity contribution in [2.45, 2.75) is 24.0 Å². The van der Waals surface area contributed by atoms with E-state index in [1.807, 2.05) is 122 Å². The van der Waals surface area contributed by atoms with E-state index in [9.17, 15) is 9.59 Å². The van der Waals surface area contributed by atoms with Gasteiger partial charge in [0, 0.05) is 27.1 Å². The van der Waals surface area contributed by atoms with Crippen molar-refractivity contribution in [1.29, 1.82) is 0 Å². The zero-order valence-corrected chi connectivity index (χ0v) is 23.2. The minimum Gasteiger partial charge on any atom is -0.322 e. The maximum Gasteiger partial charge on any atom is 0.255 e. The Kier molecular flexibility index (Phi) is 8.20. The lowest BCUT2D eigenvalue weighted by molar-refractivity contribution is -0.115. The Balaban J connectivity index is 1.29. The number of carbonyl (C=O) groups is 2. The molecule has 39 heavy (non-hydrogen) atoms. The van der Waals surface area contributed by atoms with Crippen molar-refractivity contribution < 1.29 is 9.59 Å². The lowest BCUT2D eigenvalue weighted by atomic mass is 10.1. The molecule has 1 unspecified atom stereocenters. The Morgan fingerprint density at radius 2 is 1.41 bits per heavy atom. The highest BCUT2D eigenvalue weighted by Crippen LogP contribution is 2.37. The summed E-state index contributed by atoms with van der Waals surface area (Å²) in [4.78, 5) is 31.6. The first-order valence-electron chi connectivity index (χ1n) is 12.5. The number of thioether (sulfide) groups is 1. The minimum atomic E-state index is -0.481. The predicted molar refractivity (Wildman–Crippen MR) is 162 cm³/mol. The van der Waals surface area contributed by atoms with Crippen LogP contribution in [0.3, 0.4) is 0 Å². The second kappa shape index (κ2) is 12.1. The van der Waals surface area contributed by atoms with Crippen molar-refractivity contribution >= 4 is 45.7 Å². The molecule has 1 aromatic heterocycles. The van der Waals surface area contributed by atoms with Crippen LogP contribution in [0.4, 0.5) is 10.8 Å². The van der Waals surface area contributed by atoms with Crippen LogP contribution < -0.4 is 10.6 Å². The molecule has 194 valence electrons. The summed E-state index contributed by atoms with van der Waals surface area (Å²) in [7, 11) is 0. The fraction of sp³-hybridized carbons (Fsp3) is 0.0938. The van der Waals surface area contributed by atoms with E-state index in [4.69, 9.17) is 0 Å². The summed E-state index contributed by atoms with van der Waals surface area (Å²) < 4.78 is 0. The largest absolute Gasteiger partial charge is 0.322 e. The number of nitrogens with one attached hydrogen (secondary N) is 2. The molecule has 5 nitrogen and oxygen atoms in total. The fourth-order valence-electron chi connectivity index (χ4n) is 3.92. The molecule has 0 spiro atoms. The monoisotopic (exact) mass is 549 g/mol. The van der Waals surface area contributed by atoms with Gasteiger partial charge in [0.1, 0.15) is 5.25 Å². The molecule has 4 aromatic carbocycles. The minimum absolute atomic E-state index is 0.146. The smallest absolute Gasteiger partial charge is 0.255 e. The third-order valence-electron chi connectivity index (χ3n) is 6.10. The van der Waals surface area contributed by atoms with E-state index >= 15 is 0 Å². The van der Waals surface area contributed by atoms with Crippen molar-refractivity contribution in [2.24, 2.45) is 0 Å². The van der Waals surface area contributed by atoms with Gasteiger partial charge in [-0.15, -0.1) is 23.1 Å². The first-order chi connectivity index (χ1) is 18.9. The summed E-state index contributed by atoms with van der Waals surface area (Å²) in [6, 6.07) is 32.8. The average Bonchev–Trinajstić information content (AvgIpc) is 3.42. The topological polar surface area (TPSA) is 71.1 Å². The third kappa shape index (κ3) is 6.82. The van der Waals surface area contributed by atoms with E-state index in [0.717, 1.165) is 27.3 Å². The summed E-state index contributed by atoms with van der Waals surface area (Å²) in [5, 5.41) is 7.98. The van der Waals surface area contributed by atoms with Crippen LogP contribution in [-0.4, -0.2) is 16.8 Å². The van der Waals surface area contributed by atoms with Crippen LogP contribution in [0, 0.1) is 13.8 Å². The van der Waals surface area contributed by atoms with E-state index in [1.54, 1.807) is 0 Å². The van der Waals surface area contributed by atoms with Crippen LogP contribution in [0.15, 0.2) is 113 Å². The van der Waals surface area contributed by atoms with E-state index in [1.165, 1.54) is 28.7 Å². The zero-order chi connectivity index (χ0) is 27.2. The van der Waals surface area contributed by atoms with Gasteiger partial charge in [0.05, 0.1) is 5.69 Å². The number of anilines is 2. The molecule has 2 N–H and O–H groups in total. The molecule has 5 rings (SSSR count). The normalized spacial score (nSPS) is 11.5. The number of nitrogens with zero attached hydrogens (tertiary/aromatic N) is 1. The highest BCUT2D eigenvalue weighted by atomic mass is 32.2. The number of benzene rings is 4. The molecular weight excluding hydrogens is 523 g/mol. The van der Waals surface area contributed by atoms with E-state index in [0.29, 0.717) is 16.4 Å². The molecule has 1 heterocycles. The Labute approximate surface area is 236 Å². The van der Waals surface area contributed by atoms with Crippen LogP contribution in [-0.2, 0) is 4.79 Å². The maximum atomic E-state index is 13.5. The number of hydrogen-bond donors (Lipinski definition) is 2. The first kappa shape index (κ1) is 26.4. The van der Waals surface area contributed by atoms with Crippen molar-refractivity contribution in [1.82, 2.24) is 4.98 Å². The van der Waals surface area contributed by atoms with Gasteiger partial charge >= 0.3 is 0 Å². The molecule has 1 atom stereocenters. The van der Waals surface area contributed by atoms with Gasteiger partial charge in [-0.25, -0.2) is 4.98 Å². The molecule has 0 saturated carbocycles. The molecule has 0 radical (unpaired) electrons. The summed E-state index contributed by atoms with van der Waals surface area (Å²) in [5.74, 6) is -0.307. The second-order valence-electron chi connectivity index (χ2n) is 9.15. The Morgan fingerprint density at radius 1 is 0.769 bits per heavy atom. The molecule has 5 aromatic rings. The van der Waals surface area contributed by atoms with Crippen LogP contribution in [0.25, 0.3) is 11.3 Å². The van der Waals surface area contributed by atoms with Crippen molar-refractivity contribution in [3.63, 3.8) is 0 Å². The number of rotatable bonds is 8. The number of hydrogen-bond acceptors (Lipinski definition) is 5. The van der Waals surface area contributed by atoms with Gasteiger partial charge in [-0.3, -0.25) is 9.59 Å². The molecule has 2 amide bonds. The molecular formula is C32H27N3O2S2. The van der Waals surface area contributed by atoms with Gasteiger partial charge < -0.3 is 10.6 Å². The SMILES string of the molecule is Cc1ccc(C(=O)Nc2ccc(SC(C(=O)Nc3nc(-c4ccc(C)cc4)cs3)c3ccccc3)cc2)cc1. The van der Waals surface area contributed by atoms with Crippen molar-refractivity contribution in [3.05, 3.63) is 131 Å². The van der Waals surface area contributed by atoms with Gasteiger partial charge in [0.25, 0.3) is 5.91 Å². The van der Waals surface area contributed by atoms with Gasteiger partial charge in [-0.2, -0.15) is 0 Å². The summed E-state index contributed by atoms with van der Waals surface area (Å²) in [6.45, 7) is 4.04. The van der Waals surface area contributed by atoms with Gasteiger partial charge in [0.2, 0.25) is 5.91 Å². The molecule has 0 aliphatic heterocycles. The van der Waals surface area contributed by atoms with E-state index < -0.39 is 5.25 Å². The van der Waals surface area contributed by atoms with E-state index in [2.05, 4.69) is 15.6 Å². The van der Waals surface area contributed by atoms with Crippen LogP contribution in [0.1, 0.15) is 32.3 Å². The molecule has 0 aliphatic rings. The zero-order valence-electron chi connectivity index (χ0n) is 21.5. The Bertz CT molecular complexity index is 1560. The maximum absolute atomic E-state index is 13.5. The molecule has 0 bridgehead atoms. The fourth-order valence-corrected chi connectivity index (χ4v) is 5.67. The summed E-state index contributed by atoms with van der Waals surface area (Å²) >= 11 is 2.86. The second-order valence-corrected chi connectivity index (χ2v) is 11.2. The molecule has 0 saturated heterocycles. The van der Waals surface area contributed by atoms with Crippen molar-refractivity contribution in [3.8, 4) is 11.3 Å². The highest BCUT2D eigenvalue weighted by molar-refractivity contribution is 8.00. The third-order valence-corrected chi connectivity index (χ3v) is 8.13. The van der Waals surface area contributed by atoms with Crippen LogP contribution in [0.2, 0.25) is 0 Å². The van der Waals surface area contributed by atoms with Gasteiger partial charge in [0.15, 0.2) is 5.13 Å². The Hall–Kier alpha value is -4.20. The average molecular weight is 550 g/mol. The van der Waals surface area contributed by atoms with Crippen molar-refractivity contribution in [2.75, 3.05) is 10.6 Å².